The smallest absolute Gasteiger partial charge is 0.172 e. The lowest BCUT2D eigenvalue weighted by molar-refractivity contribution is 0.624. The molecule has 0 amide bonds. The largest absolute Gasteiger partial charge is 0.396 e. The molecule has 2 N–H and O–H groups in total. The molecule has 92 valence electrons. The molecule has 0 aliphatic rings. The standard InChI is InChI=1S/C13H8FN5/c14-12-10(16)5-11-17-7-18-19(11)13(12)9-3-1-8(6-15)2-4-9/h1-5,7H,16H2. The number of nitrogen functional groups attached to an aromatic ring is 1. The van der Waals surface area contributed by atoms with Crippen LogP contribution in [0, 0.1) is 17.1 Å². The van der Waals surface area contributed by atoms with E-state index in [2.05, 4.69) is 10.1 Å². The van der Waals surface area contributed by atoms with Crippen molar-refractivity contribution >= 4 is 11.3 Å². The van der Waals surface area contributed by atoms with Crippen LogP contribution in [0.5, 0.6) is 0 Å². The Morgan fingerprint density at radius 3 is 2.68 bits per heavy atom. The minimum atomic E-state index is -0.553. The van der Waals surface area contributed by atoms with Crippen molar-refractivity contribution in [2.24, 2.45) is 0 Å². The molecule has 2 aromatic heterocycles. The molecule has 0 radical (unpaired) electrons. The van der Waals surface area contributed by atoms with Gasteiger partial charge in [0.25, 0.3) is 0 Å². The highest BCUT2D eigenvalue weighted by molar-refractivity contribution is 5.70. The number of nitriles is 1. The van der Waals surface area contributed by atoms with Gasteiger partial charge in [-0.3, -0.25) is 0 Å². The van der Waals surface area contributed by atoms with Crippen LogP contribution in [-0.4, -0.2) is 14.6 Å². The fourth-order valence-electron chi connectivity index (χ4n) is 1.90. The second kappa shape index (κ2) is 4.07. The summed E-state index contributed by atoms with van der Waals surface area (Å²) in [4.78, 5) is 3.99. The maximum absolute atomic E-state index is 14.2. The average Bonchev–Trinajstić information content (AvgIpc) is 2.88. The molecule has 0 aliphatic heterocycles. The van der Waals surface area contributed by atoms with Gasteiger partial charge in [-0.05, 0) is 12.1 Å². The van der Waals surface area contributed by atoms with Crippen LogP contribution in [0.2, 0.25) is 0 Å². The number of halogens is 1. The fourth-order valence-corrected chi connectivity index (χ4v) is 1.90. The zero-order valence-electron chi connectivity index (χ0n) is 9.71. The van der Waals surface area contributed by atoms with Crippen molar-refractivity contribution in [3.8, 4) is 17.3 Å². The molecule has 19 heavy (non-hydrogen) atoms. The first kappa shape index (κ1) is 11.2. The van der Waals surface area contributed by atoms with Gasteiger partial charge in [-0.15, -0.1) is 0 Å². The molecule has 5 nitrogen and oxygen atoms in total. The van der Waals surface area contributed by atoms with Gasteiger partial charge in [0.1, 0.15) is 12.0 Å². The third kappa shape index (κ3) is 1.68. The SMILES string of the molecule is N#Cc1ccc(-c2c(F)c(N)cc3ncnn23)cc1. The Hall–Kier alpha value is -2.94. The maximum atomic E-state index is 14.2. The number of anilines is 1. The molecule has 1 aromatic carbocycles. The minimum Gasteiger partial charge on any atom is -0.396 e. The van der Waals surface area contributed by atoms with Crippen LogP contribution in [0.3, 0.4) is 0 Å². The van der Waals surface area contributed by atoms with Crippen LogP contribution in [0.1, 0.15) is 5.56 Å². The summed E-state index contributed by atoms with van der Waals surface area (Å²) in [6, 6.07) is 9.96. The second-order valence-corrected chi connectivity index (χ2v) is 3.98. The molecule has 3 rings (SSSR count). The number of nitrogens with zero attached hydrogens (tertiary/aromatic N) is 4. The molecule has 0 fully saturated rings. The van der Waals surface area contributed by atoms with Crippen LogP contribution in [-0.2, 0) is 0 Å². The number of hydrogen-bond acceptors (Lipinski definition) is 4. The predicted octanol–water partition coefficient (Wildman–Crippen LogP) is 1.99. The average molecular weight is 253 g/mol. The number of hydrogen-bond donors (Lipinski definition) is 1. The van der Waals surface area contributed by atoms with Gasteiger partial charge in [0.15, 0.2) is 11.5 Å². The highest BCUT2D eigenvalue weighted by atomic mass is 19.1. The Balaban J connectivity index is 2.31. The molecule has 2 heterocycles. The number of aromatic nitrogens is 3. The molecular weight excluding hydrogens is 245 g/mol. The number of nitrogens with two attached hydrogens (primary N) is 1. The summed E-state index contributed by atoms with van der Waals surface area (Å²) in [5.41, 5.74) is 7.43. The molecule has 0 aliphatic carbocycles. The Bertz CT molecular complexity index is 798. The van der Waals surface area contributed by atoms with E-state index in [1.54, 1.807) is 24.3 Å². The Morgan fingerprint density at radius 2 is 2.00 bits per heavy atom. The lowest BCUT2D eigenvalue weighted by atomic mass is 10.1. The van der Waals surface area contributed by atoms with E-state index in [1.807, 2.05) is 6.07 Å². The van der Waals surface area contributed by atoms with E-state index in [1.165, 1.54) is 16.9 Å². The summed E-state index contributed by atoms with van der Waals surface area (Å²) < 4.78 is 15.6. The molecule has 0 spiro atoms. The van der Waals surface area contributed by atoms with Crippen LogP contribution >= 0.6 is 0 Å². The van der Waals surface area contributed by atoms with Gasteiger partial charge >= 0.3 is 0 Å². The summed E-state index contributed by atoms with van der Waals surface area (Å²) >= 11 is 0. The second-order valence-electron chi connectivity index (χ2n) is 3.98. The molecule has 6 heteroatoms. The van der Waals surface area contributed by atoms with Crippen molar-refractivity contribution in [3.05, 3.63) is 48.0 Å². The minimum absolute atomic E-state index is 0.0138. The van der Waals surface area contributed by atoms with Gasteiger partial charge in [-0.2, -0.15) is 10.4 Å². The highest BCUT2D eigenvalue weighted by Crippen LogP contribution is 2.27. The quantitative estimate of drug-likeness (QED) is 0.719. The van der Waals surface area contributed by atoms with Crippen molar-refractivity contribution in [3.63, 3.8) is 0 Å². The number of pyridine rings is 1. The normalized spacial score (nSPS) is 10.5. The van der Waals surface area contributed by atoms with E-state index in [4.69, 9.17) is 11.0 Å². The fraction of sp³-hybridized carbons (Fsp3) is 0. The number of rotatable bonds is 1. The predicted molar refractivity (Wildman–Crippen MR) is 67.5 cm³/mol. The molecule has 0 bridgehead atoms. The van der Waals surface area contributed by atoms with E-state index in [0.29, 0.717) is 16.8 Å². The zero-order valence-corrected chi connectivity index (χ0v) is 9.71. The summed E-state index contributed by atoms with van der Waals surface area (Å²) in [6.07, 6.45) is 1.33. The van der Waals surface area contributed by atoms with Gasteiger partial charge in [0.2, 0.25) is 0 Å². The molecule has 0 saturated carbocycles. The zero-order chi connectivity index (χ0) is 13.4. The lowest BCUT2D eigenvalue weighted by Crippen LogP contribution is -2.02. The van der Waals surface area contributed by atoms with Crippen molar-refractivity contribution in [1.82, 2.24) is 14.6 Å². The summed E-state index contributed by atoms with van der Waals surface area (Å²) in [5, 5.41) is 12.7. The van der Waals surface area contributed by atoms with Crippen molar-refractivity contribution in [1.29, 1.82) is 5.26 Å². The van der Waals surface area contributed by atoms with Crippen molar-refractivity contribution in [2.45, 2.75) is 0 Å². The maximum Gasteiger partial charge on any atom is 0.172 e. The first-order valence-corrected chi connectivity index (χ1v) is 5.49. The first-order chi connectivity index (χ1) is 9.20. The molecule has 0 atom stereocenters. The van der Waals surface area contributed by atoms with Crippen LogP contribution in [0.25, 0.3) is 16.9 Å². The van der Waals surface area contributed by atoms with Crippen LogP contribution in [0.15, 0.2) is 36.7 Å². The van der Waals surface area contributed by atoms with Crippen molar-refractivity contribution < 1.29 is 4.39 Å². The number of benzene rings is 1. The molecule has 0 saturated heterocycles. The van der Waals surface area contributed by atoms with Gasteiger partial charge in [0.05, 0.1) is 17.3 Å². The van der Waals surface area contributed by atoms with Crippen LogP contribution < -0.4 is 5.73 Å². The Morgan fingerprint density at radius 1 is 1.26 bits per heavy atom. The van der Waals surface area contributed by atoms with E-state index in [0.717, 1.165) is 0 Å². The monoisotopic (exact) mass is 253 g/mol. The van der Waals surface area contributed by atoms with E-state index < -0.39 is 5.82 Å². The molecule has 3 aromatic rings. The Kier molecular flexibility index (Phi) is 2.39. The lowest BCUT2D eigenvalue weighted by Gasteiger charge is -2.08. The summed E-state index contributed by atoms with van der Waals surface area (Å²) in [5.74, 6) is -0.553. The van der Waals surface area contributed by atoms with Crippen LogP contribution in [0.4, 0.5) is 10.1 Å². The highest BCUT2D eigenvalue weighted by Gasteiger charge is 2.15. The van der Waals surface area contributed by atoms with Gasteiger partial charge < -0.3 is 5.73 Å². The third-order valence-electron chi connectivity index (χ3n) is 2.82. The van der Waals surface area contributed by atoms with Gasteiger partial charge in [-0.1, -0.05) is 12.1 Å². The Labute approximate surface area is 107 Å². The van der Waals surface area contributed by atoms with Gasteiger partial charge in [0, 0.05) is 11.6 Å². The van der Waals surface area contributed by atoms with E-state index in [9.17, 15) is 4.39 Å². The van der Waals surface area contributed by atoms with Crippen molar-refractivity contribution in [2.75, 3.05) is 5.73 Å². The third-order valence-corrected chi connectivity index (χ3v) is 2.82. The summed E-state index contributed by atoms with van der Waals surface area (Å²) in [6.45, 7) is 0. The molecular formula is C13H8FN5. The molecule has 0 unspecified atom stereocenters. The number of fused-ring (bicyclic) bond motifs is 1. The van der Waals surface area contributed by atoms with Gasteiger partial charge in [-0.25, -0.2) is 13.9 Å². The topological polar surface area (TPSA) is 80.0 Å². The summed E-state index contributed by atoms with van der Waals surface area (Å²) in [7, 11) is 0. The van der Waals surface area contributed by atoms with E-state index in [-0.39, 0.29) is 11.4 Å². The first-order valence-electron chi connectivity index (χ1n) is 5.49. The van der Waals surface area contributed by atoms with E-state index >= 15 is 0 Å².